The number of anilines is 1. The second kappa shape index (κ2) is 11.0. The molecule has 3 aromatic carbocycles. The van der Waals surface area contributed by atoms with Gasteiger partial charge in [-0.2, -0.15) is 13.2 Å². The highest BCUT2D eigenvalue weighted by molar-refractivity contribution is 7.89. The molecule has 36 heavy (non-hydrogen) atoms. The number of alkyl halides is 3. The number of rotatable bonds is 7. The van der Waals surface area contributed by atoms with E-state index in [1.54, 1.807) is 4.90 Å². The number of amides is 1. The van der Waals surface area contributed by atoms with E-state index in [1.165, 1.54) is 22.5 Å². The lowest BCUT2D eigenvalue weighted by atomic mass is 10.0. The molecule has 0 radical (unpaired) electrons. The SMILES string of the molecule is O=C(CN1CCCN(S(=O)(=O)CCc2cccc3ccccc23)CC1)Nc1ccccc1C(F)(F)F. The van der Waals surface area contributed by atoms with Crippen LogP contribution in [-0.4, -0.2) is 62.0 Å². The first-order valence-electron chi connectivity index (χ1n) is 11.8. The smallest absolute Gasteiger partial charge is 0.324 e. The molecule has 0 bridgehead atoms. The number of hydrogen-bond acceptors (Lipinski definition) is 4. The van der Waals surface area contributed by atoms with Crippen molar-refractivity contribution in [2.24, 2.45) is 0 Å². The van der Waals surface area contributed by atoms with Crippen LogP contribution in [0.3, 0.4) is 0 Å². The summed E-state index contributed by atoms with van der Waals surface area (Å²) in [4.78, 5) is 14.2. The van der Waals surface area contributed by atoms with Crippen molar-refractivity contribution >= 4 is 32.4 Å². The van der Waals surface area contributed by atoms with Crippen LogP contribution in [0.2, 0.25) is 0 Å². The molecule has 10 heteroatoms. The number of sulfonamides is 1. The Morgan fingerprint density at radius 3 is 2.42 bits per heavy atom. The third-order valence-electron chi connectivity index (χ3n) is 6.32. The van der Waals surface area contributed by atoms with Crippen molar-refractivity contribution in [1.29, 1.82) is 0 Å². The van der Waals surface area contributed by atoms with Gasteiger partial charge in [0.1, 0.15) is 0 Å². The molecule has 192 valence electrons. The van der Waals surface area contributed by atoms with Crippen LogP contribution in [0.1, 0.15) is 17.5 Å². The summed E-state index contributed by atoms with van der Waals surface area (Å²) in [6.45, 7) is 1.25. The zero-order valence-electron chi connectivity index (χ0n) is 19.7. The van der Waals surface area contributed by atoms with Gasteiger partial charge in [-0.05, 0) is 47.9 Å². The Kier molecular flexibility index (Phi) is 7.97. The summed E-state index contributed by atoms with van der Waals surface area (Å²) in [5.41, 5.74) is -0.218. The minimum atomic E-state index is -4.58. The molecule has 0 atom stereocenters. The predicted octanol–water partition coefficient (Wildman–Crippen LogP) is 4.38. The Morgan fingerprint density at radius 1 is 0.889 bits per heavy atom. The Morgan fingerprint density at radius 2 is 1.61 bits per heavy atom. The van der Waals surface area contributed by atoms with Crippen LogP contribution < -0.4 is 5.32 Å². The fourth-order valence-corrected chi connectivity index (χ4v) is 6.00. The number of carbonyl (C=O) groups excluding carboxylic acids is 1. The summed E-state index contributed by atoms with van der Waals surface area (Å²) >= 11 is 0. The zero-order chi connectivity index (χ0) is 25.8. The summed E-state index contributed by atoms with van der Waals surface area (Å²) in [5, 5.41) is 4.45. The van der Waals surface area contributed by atoms with E-state index in [1.807, 2.05) is 42.5 Å². The molecule has 4 rings (SSSR count). The van der Waals surface area contributed by atoms with Crippen molar-refractivity contribution < 1.29 is 26.4 Å². The predicted molar refractivity (Wildman–Crippen MR) is 134 cm³/mol. The lowest BCUT2D eigenvalue weighted by Gasteiger charge is -2.22. The van der Waals surface area contributed by atoms with E-state index < -0.39 is 27.7 Å². The van der Waals surface area contributed by atoms with E-state index in [0.717, 1.165) is 22.4 Å². The van der Waals surface area contributed by atoms with Crippen LogP contribution in [-0.2, 0) is 27.4 Å². The maximum atomic E-state index is 13.2. The molecule has 3 aromatic rings. The Bertz CT molecular complexity index is 1320. The number of nitrogens with one attached hydrogen (secondary N) is 1. The first kappa shape index (κ1) is 26.1. The molecular weight excluding hydrogens is 491 g/mol. The Labute approximate surface area is 208 Å². The summed E-state index contributed by atoms with van der Waals surface area (Å²) in [5.74, 6) is -0.589. The molecular formula is C26H28F3N3O3S. The Balaban J connectivity index is 1.33. The number of aryl methyl sites for hydroxylation is 1. The van der Waals surface area contributed by atoms with Crippen molar-refractivity contribution in [3.8, 4) is 0 Å². The summed E-state index contributed by atoms with van der Waals surface area (Å²) in [6, 6.07) is 18.5. The number of para-hydroxylation sites is 1. The fourth-order valence-electron chi connectivity index (χ4n) is 4.49. The minimum absolute atomic E-state index is 0.0181. The number of fused-ring (bicyclic) bond motifs is 1. The maximum absolute atomic E-state index is 13.2. The van der Waals surface area contributed by atoms with Crippen LogP contribution in [0.15, 0.2) is 66.7 Å². The molecule has 0 aromatic heterocycles. The average molecular weight is 520 g/mol. The average Bonchev–Trinajstić information content (AvgIpc) is 3.08. The molecule has 1 saturated heterocycles. The monoisotopic (exact) mass is 519 g/mol. The van der Waals surface area contributed by atoms with Gasteiger partial charge in [-0.15, -0.1) is 0 Å². The van der Waals surface area contributed by atoms with Gasteiger partial charge in [0.2, 0.25) is 15.9 Å². The molecule has 1 N–H and O–H groups in total. The normalized spacial score (nSPS) is 16.1. The lowest BCUT2D eigenvalue weighted by Crippen LogP contribution is -2.39. The molecule has 1 aliphatic heterocycles. The van der Waals surface area contributed by atoms with Gasteiger partial charge in [-0.1, -0.05) is 54.6 Å². The molecule has 0 saturated carbocycles. The number of halogens is 3. The van der Waals surface area contributed by atoms with E-state index in [9.17, 15) is 26.4 Å². The van der Waals surface area contributed by atoms with Crippen LogP contribution in [0.4, 0.5) is 18.9 Å². The van der Waals surface area contributed by atoms with Gasteiger partial charge in [-0.3, -0.25) is 9.69 Å². The van der Waals surface area contributed by atoms with Gasteiger partial charge in [0.05, 0.1) is 23.5 Å². The van der Waals surface area contributed by atoms with E-state index >= 15 is 0 Å². The Hall–Kier alpha value is -2.95. The van der Waals surface area contributed by atoms with Crippen LogP contribution in [0.5, 0.6) is 0 Å². The highest BCUT2D eigenvalue weighted by Gasteiger charge is 2.33. The molecule has 6 nitrogen and oxygen atoms in total. The number of hydrogen-bond donors (Lipinski definition) is 1. The summed E-state index contributed by atoms with van der Waals surface area (Å²) in [7, 11) is -3.51. The van der Waals surface area contributed by atoms with Crippen molar-refractivity contribution in [2.75, 3.05) is 43.8 Å². The van der Waals surface area contributed by atoms with Crippen LogP contribution in [0, 0.1) is 0 Å². The molecule has 0 aliphatic carbocycles. The van der Waals surface area contributed by atoms with Crippen molar-refractivity contribution in [2.45, 2.75) is 19.0 Å². The van der Waals surface area contributed by atoms with Crippen molar-refractivity contribution in [1.82, 2.24) is 9.21 Å². The standard InChI is InChI=1S/C26H28F3N3O3S/c27-26(28,29)23-11-3-4-12-24(23)30-25(33)19-31-14-6-15-32(17-16-31)36(34,35)18-13-21-9-5-8-20-7-1-2-10-22(20)21/h1-5,7-12H,6,13-19H2,(H,30,33). The van der Waals surface area contributed by atoms with Gasteiger partial charge in [0.15, 0.2) is 0 Å². The quantitative estimate of drug-likeness (QED) is 0.503. The molecule has 1 aliphatic rings. The maximum Gasteiger partial charge on any atom is 0.418 e. The highest BCUT2D eigenvalue weighted by Crippen LogP contribution is 2.34. The highest BCUT2D eigenvalue weighted by atomic mass is 32.2. The van der Waals surface area contributed by atoms with Gasteiger partial charge in [0.25, 0.3) is 0 Å². The van der Waals surface area contributed by atoms with Crippen LogP contribution >= 0.6 is 0 Å². The second-order valence-electron chi connectivity index (χ2n) is 8.82. The number of benzene rings is 3. The third kappa shape index (κ3) is 6.43. The van der Waals surface area contributed by atoms with Gasteiger partial charge >= 0.3 is 6.18 Å². The largest absolute Gasteiger partial charge is 0.418 e. The van der Waals surface area contributed by atoms with Crippen molar-refractivity contribution in [3.05, 3.63) is 77.9 Å². The lowest BCUT2D eigenvalue weighted by molar-refractivity contribution is -0.137. The molecule has 0 unspecified atom stereocenters. The molecule has 0 spiro atoms. The van der Waals surface area contributed by atoms with Gasteiger partial charge in [-0.25, -0.2) is 12.7 Å². The molecule has 1 heterocycles. The van der Waals surface area contributed by atoms with E-state index in [-0.39, 0.29) is 24.5 Å². The van der Waals surface area contributed by atoms with E-state index in [4.69, 9.17) is 0 Å². The fraction of sp³-hybridized carbons (Fsp3) is 0.346. The molecule has 1 fully saturated rings. The number of carbonyl (C=O) groups is 1. The minimum Gasteiger partial charge on any atom is -0.324 e. The van der Waals surface area contributed by atoms with E-state index in [2.05, 4.69) is 5.32 Å². The number of nitrogens with zero attached hydrogens (tertiary/aromatic N) is 2. The first-order chi connectivity index (χ1) is 17.1. The van der Waals surface area contributed by atoms with Crippen molar-refractivity contribution in [3.63, 3.8) is 0 Å². The van der Waals surface area contributed by atoms with Gasteiger partial charge in [0, 0.05) is 19.6 Å². The van der Waals surface area contributed by atoms with E-state index in [0.29, 0.717) is 32.5 Å². The third-order valence-corrected chi connectivity index (χ3v) is 8.20. The summed E-state index contributed by atoms with van der Waals surface area (Å²) < 4.78 is 67.2. The molecule has 1 amide bonds. The van der Waals surface area contributed by atoms with Crippen LogP contribution in [0.25, 0.3) is 10.8 Å². The van der Waals surface area contributed by atoms with Gasteiger partial charge < -0.3 is 5.32 Å². The topological polar surface area (TPSA) is 69.7 Å². The second-order valence-corrected chi connectivity index (χ2v) is 10.9. The zero-order valence-corrected chi connectivity index (χ0v) is 20.5. The summed E-state index contributed by atoms with van der Waals surface area (Å²) in [6.07, 6.45) is -3.65. The first-order valence-corrected chi connectivity index (χ1v) is 13.4.